The highest BCUT2D eigenvalue weighted by Gasteiger charge is 2.21. The number of ether oxygens (including phenoxy) is 1. The van der Waals surface area contributed by atoms with Gasteiger partial charge in [-0.15, -0.1) is 0 Å². The van der Waals surface area contributed by atoms with Crippen molar-refractivity contribution in [2.24, 2.45) is 5.92 Å². The summed E-state index contributed by atoms with van der Waals surface area (Å²) in [4.78, 5) is 10.1. The number of rotatable bonds is 5. The molecule has 0 amide bonds. The van der Waals surface area contributed by atoms with Crippen LogP contribution in [0.2, 0.25) is 0 Å². The van der Waals surface area contributed by atoms with Crippen LogP contribution in [0, 0.1) is 18.7 Å². The minimum atomic E-state index is -0.181. The van der Waals surface area contributed by atoms with Crippen LogP contribution < -0.4 is 4.74 Å². The summed E-state index contributed by atoms with van der Waals surface area (Å²) in [5, 5.41) is 0.985. The number of likely N-dealkylation sites (tertiary alicyclic amines) is 1. The van der Waals surface area contributed by atoms with Crippen LogP contribution in [0.1, 0.15) is 24.1 Å². The van der Waals surface area contributed by atoms with Crippen molar-refractivity contribution < 1.29 is 9.13 Å². The zero-order chi connectivity index (χ0) is 17.9. The van der Waals surface area contributed by atoms with Gasteiger partial charge in [0, 0.05) is 35.4 Å². The number of fused-ring (bicyclic) bond motifs is 1. The Morgan fingerprint density at radius 2 is 2.08 bits per heavy atom. The quantitative estimate of drug-likeness (QED) is 0.743. The lowest BCUT2D eigenvalue weighted by atomic mass is 9.97. The molecular formula is C21H24FN3O. The fourth-order valence-corrected chi connectivity index (χ4v) is 3.68. The van der Waals surface area contributed by atoms with Gasteiger partial charge in [0.05, 0.1) is 6.61 Å². The number of hydrogen-bond acceptors (Lipinski definition) is 3. The molecule has 136 valence electrons. The van der Waals surface area contributed by atoms with Gasteiger partial charge in [-0.25, -0.2) is 9.37 Å². The highest BCUT2D eigenvalue weighted by molar-refractivity contribution is 5.84. The molecule has 0 bridgehead atoms. The number of aryl methyl sites for hydroxylation is 1. The van der Waals surface area contributed by atoms with Gasteiger partial charge in [0.2, 0.25) is 5.88 Å². The number of piperidine rings is 1. The molecule has 0 aliphatic carbocycles. The van der Waals surface area contributed by atoms with Crippen molar-refractivity contribution in [1.29, 1.82) is 0 Å². The van der Waals surface area contributed by atoms with Gasteiger partial charge < -0.3 is 9.72 Å². The molecule has 4 rings (SSSR count). The van der Waals surface area contributed by atoms with Crippen molar-refractivity contribution in [2.75, 3.05) is 19.7 Å². The second-order valence-electron chi connectivity index (χ2n) is 7.12. The standard InChI is InChI=1S/C21H24FN3O/c1-15-18-12-17(22)5-6-19(18)24-20(15)13-25-10-7-16(8-11-25)14-26-21-4-2-3-9-23-21/h2-6,9,12,16,24H,7-8,10-11,13-14H2,1H3. The van der Waals surface area contributed by atoms with E-state index in [1.165, 1.54) is 11.8 Å². The van der Waals surface area contributed by atoms with Gasteiger partial charge in [0.25, 0.3) is 0 Å². The first-order chi connectivity index (χ1) is 12.7. The van der Waals surface area contributed by atoms with Gasteiger partial charge in [0.15, 0.2) is 0 Å². The van der Waals surface area contributed by atoms with Crippen LogP contribution in [0.15, 0.2) is 42.6 Å². The van der Waals surface area contributed by atoms with Gasteiger partial charge in [-0.1, -0.05) is 6.07 Å². The summed E-state index contributed by atoms with van der Waals surface area (Å²) in [5.41, 5.74) is 3.35. The van der Waals surface area contributed by atoms with E-state index in [1.54, 1.807) is 12.3 Å². The second-order valence-corrected chi connectivity index (χ2v) is 7.12. The van der Waals surface area contributed by atoms with Gasteiger partial charge in [-0.2, -0.15) is 0 Å². The van der Waals surface area contributed by atoms with Crippen LogP contribution >= 0.6 is 0 Å². The van der Waals surface area contributed by atoms with E-state index in [2.05, 4.69) is 21.8 Å². The SMILES string of the molecule is Cc1c(CN2CCC(COc3ccccn3)CC2)[nH]c2ccc(F)cc12. The molecule has 0 saturated carbocycles. The lowest BCUT2D eigenvalue weighted by molar-refractivity contribution is 0.133. The highest BCUT2D eigenvalue weighted by atomic mass is 19.1. The average molecular weight is 353 g/mol. The fourth-order valence-electron chi connectivity index (χ4n) is 3.68. The zero-order valence-electron chi connectivity index (χ0n) is 15.0. The van der Waals surface area contributed by atoms with Crippen molar-refractivity contribution in [2.45, 2.75) is 26.3 Å². The number of benzene rings is 1. The Balaban J connectivity index is 1.32. The second kappa shape index (κ2) is 7.46. The number of aromatic amines is 1. The van der Waals surface area contributed by atoms with Crippen LogP contribution in [0.4, 0.5) is 4.39 Å². The molecular weight excluding hydrogens is 329 g/mol. The largest absolute Gasteiger partial charge is 0.477 e. The van der Waals surface area contributed by atoms with E-state index in [-0.39, 0.29) is 5.82 Å². The molecule has 1 saturated heterocycles. The van der Waals surface area contributed by atoms with Gasteiger partial charge in [-0.05, 0) is 68.6 Å². The van der Waals surface area contributed by atoms with Crippen molar-refractivity contribution in [3.8, 4) is 5.88 Å². The number of nitrogens with zero attached hydrogens (tertiary/aromatic N) is 2. The van der Waals surface area contributed by atoms with Crippen LogP contribution in [0.5, 0.6) is 5.88 Å². The predicted octanol–water partition coefficient (Wildman–Crippen LogP) is 4.30. The molecule has 1 aliphatic heterocycles. The molecule has 0 spiro atoms. The normalized spacial score (nSPS) is 16.2. The fraction of sp³-hybridized carbons (Fsp3) is 0.381. The molecule has 1 fully saturated rings. The van der Waals surface area contributed by atoms with E-state index < -0.39 is 0 Å². The molecule has 3 aromatic rings. The summed E-state index contributed by atoms with van der Waals surface area (Å²) in [6.45, 7) is 5.80. The summed E-state index contributed by atoms with van der Waals surface area (Å²) < 4.78 is 19.3. The average Bonchev–Trinajstić information content (AvgIpc) is 2.97. The van der Waals surface area contributed by atoms with Crippen LogP contribution in [0.25, 0.3) is 10.9 Å². The molecule has 5 heteroatoms. The van der Waals surface area contributed by atoms with E-state index >= 15 is 0 Å². The lowest BCUT2D eigenvalue weighted by Gasteiger charge is -2.31. The molecule has 0 unspecified atom stereocenters. The van der Waals surface area contributed by atoms with Gasteiger partial charge in [-0.3, -0.25) is 4.90 Å². The molecule has 0 radical (unpaired) electrons. The first kappa shape index (κ1) is 17.0. The van der Waals surface area contributed by atoms with E-state index in [4.69, 9.17) is 4.74 Å². The van der Waals surface area contributed by atoms with E-state index in [9.17, 15) is 4.39 Å². The molecule has 2 aromatic heterocycles. The van der Waals surface area contributed by atoms with E-state index in [1.807, 2.05) is 24.3 Å². The van der Waals surface area contributed by atoms with Crippen molar-refractivity contribution >= 4 is 10.9 Å². The Morgan fingerprint density at radius 1 is 1.23 bits per heavy atom. The summed E-state index contributed by atoms with van der Waals surface area (Å²) in [6, 6.07) is 10.7. The minimum Gasteiger partial charge on any atom is -0.477 e. The monoisotopic (exact) mass is 353 g/mol. The van der Waals surface area contributed by atoms with E-state index in [0.717, 1.165) is 55.5 Å². The Labute approximate surface area is 153 Å². The Hall–Kier alpha value is -2.40. The van der Waals surface area contributed by atoms with Crippen molar-refractivity contribution in [1.82, 2.24) is 14.9 Å². The number of halogens is 1. The van der Waals surface area contributed by atoms with Crippen molar-refractivity contribution in [3.05, 3.63) is 59.7 Å². The maximum Gasteiger partial charge on any atom is 0.213 e. The molecule has 1 aliphatic rings. The maximum absolute atomic E-state index is 13.5. The van der Waals surface area contributed by atoms with E-state index in [0.29, 0.717) is 11.8 Å². The molecule has 1 aromatic carbocycles. The number of hydrogen-bond donors (Lipinski definition) is 1. The molecule has 3 heterocycles. The third-order valence-corrected chi connectivity index (χ3v) is 5.32. The van der Waals surface area contributed by atoms with Crippen LogP contribution in [-0.4, -0.2) is 34.6 Å². The predicted molar refractivity (Wildman–Crippen MR) is 101 cm³/mol. The maximum atomic E-state index is 13.5. The number of pyridine rings is 1. The molecule has 4 nitrogen and oxygen atoms in total. The number of H-pyrrole nitrogens is 1. The van der Waals surface area contributed by atoms with Crippen molar-refractivity contribution in [3.63, 3.8) is 0 Å². The summed E-state index contributed by atoms with van der Waals surface area (Å²) in [5.74, 6) is 1.10. The minimum absolute atomic E-state index is 0.181. The number of nitrogens with one attached hydrogen (secondary N) is 1. The molecule has 0 atom stereocenters. The Kier molecular flexibility index (Phi) is 4.89. The Morgan fingerprint density at radius 3 is 2.85 bits per heavy atom. The highest BCUT2D eigenvalue weighted by Crippen LogP contribution is 2.25. The number of aromatic nitrogens is 2. The van der Waals surface area contributed by atoms with Gasteiger partial charge >= 0.3 is 0 Å². The molecule has 1 N–H and O–H groups in total. The van der Waals surface area contributed by atoms with Crippen LogP contribution in [0.3, 0.4) is 0 Å². The summed E-state index contributed by atoms with van der Waals surface area (Å²) in [6.07, 6.45) is 4.01. The zero-order valence-corrected chi connectivity index (χ0v) is 15.0. The summed E-state index contributed by atoms with van der Waals surface area (Å²) >= 11 is 0. The smallest absolute Gasteiger partial charge is 0.213 e. The summed E-state index contributed by atoms with van der Waals surface area (Å²) in [7, 11) is 0. The third-order valence-electron chi connectivity index (χ3n) is 5.32. The van der Waals surface area contributed by atoms with Crippen LogP contribution in [-0.2, 0) is 6.54 Å². The first-order valence-electron chi connectivity index (χ1n) is 9.22. The molecule has 26 heavy (non-hydrogen) atoms. The Bertz CT molecular complexity index is 870. The lowest BCUT2D eigenvalue weighted by Crippen LogP contribution is -2.35. The third kappa shape index (κ3) is 3.73. The first-order valence-corrected chi connectivity index (χ1v) is 9.22. The van der Waals surface area contributed by atoms with Gasteiger partial charge in [0.1, 0.15) is 5.82 Å². The topological polar surface area (TPSA) is 41.1 Å².